The van der Waals surface area contributed by atoms with Crippen LogP contribution in [0, 0.1) is 11.6 Å². The summed E-state index contributed by atoms with van der Waals surface area (Å²) in [5, 5.41) is 0.664. The minimum absolute atomic E-state index is 0.0295. The number of nitrogens with zero attached hydrogens (tertiary/aromatic N) is 3. The van der Waals surface area contributed by atoms with Crippen LogP contribution in [-0.2, 0) is 17.6 Å². The lowest BCUT2D eigenvalue weighted by molar-refractivity contribution is 0.0358. The van der Waals surface area contributed by atoms with Crippen LogP contribution in [0.3, 0.4) is 0 Å². The molecule has 0 amide bonds. The van der Waals surface area contributed by atoms with E-state index in [9.17, 15) is 14.0 Å². The fourth-order valence-electron chi connectivity index (χ4n) is 6.01. The first-order valence-electron chi connectivity index (χ1n) is 15.9. The Bertz CT molecular complexity index is 2030. The second-order valence-electron chi connectivity index (χ2n) is 11.7. The number of fused-ring (bicyclic) bond motifs is 2. The van der Waals surface area contributed by atoms with Gasteiger partial charge < -0.3 is 18.9 Å². The van der Waals surface area contributed by atoms with E-state index in [-0.39, 0.29) is 23.5 Å². The summed E-state index contributed by atoms with van der Waals surface area (Å²) in [6.45, 7) is 5.19. The Labute approximate surface area is 275 Å². The highest BCUT2D eigenvalue weighted by Crippen LogP contribution is 2.34. The lowest BCUT2D eigenvalue weighted by Gasteiger charge is -2.26. The normalized spacial score (nSPS) is 14.5. The van der Waals surface area contributed by atoms with E-state index in [0.29, 0.717) is 58.9 Å². The number of carbonyl (C=O) groups excluding carboxylic acids is 1. The van der Waals surface area contributed by atoms with Crippen molar-refractivity contribution in [3.8, 4) is 28.7 Å². The molecule has 246 valence electrons. The Kier molecular flexibility index (Phi) is 9.13. The van der Waals surface area contributed by atoms with Gasteiger partial charge in [0.1, 0.15) is 28.6 Å². The predicted molar refractivity (Wildman–Crippen MR) is 175 cm³/mol. The number of halogens is 2. The van der Waals surface area contributed by atoms with Gasteiger partial charge in [-0.15, -0.1) is 0 Å². The number of morpholine rings is 1. The third kappa shape index (κ3) is 6.78. The van der Waals surface area contributed by atoms with Crippen LogP contribution >= 0.6 is 0 Å². The highest BCUT2D eigenvalue weighted by molar-refractivity contribution is 6.00. The van der Waals surface area contributed by atoms with Gasteiger partial charge in [0.25, 0.3) is 5.56 Å². The molecule has 2 aromatic heterocycles. The van der Waals surface area contributed by atoms with Crippen molar-refractivity contribution in [2.75, 3.05) is 46.1 Å². The fraction of sp³-hybridized carbons (Fsp3) is 0.270. The SMILES string of the molecule is O=C(Cc1ccc(Oc2ccnc3ccc(OCCCN4CCOCC4)cc23)c(F)c1)c1c2c(cn(-c3ccc(F)cc3)c1=O)CCO2. The van der Waals surface area contributed by atoms with E-state index in [1.54, 1.807) is 24.5 Å². The van der Waals surface area contributed by atoms with Crippen LogP contribution in [0.2, 0.25) is 0 Å². The van der Waals surface area contributed by atoms with Crippen LogP contribution in [0.1, 0.15) is 27.9 Å². The third-order valence-corrected chi connectivity index (χ3v) is 8.48. The highest BCUT2D eigenvalue weighted by atomic mass is 19.1. The molecule has 2 aliphatic rings. The van der Waals surface area contributed by atoms with Gasteiger partial charge in [-0.2, -0.15) is 0 Å². The molecule has 1 fully saturated rings. The summed E-state index contributed by atoms with van der Waals surface area (Å²) in [5.74, 6) is -0.346. The van der Waals surface area contributed by atoms with Gasteiger partial charge >= 0.3 is 0 Å². The van der Waals surface area contributed by atoms with Gasteiger partial charge in [-0.05, 0) is 72.6 Å². The lowest BCUT2D eigenvalue weighted by Crippen LogP contribution is -2.37. The minimum atomic E-state index is -0.668. The Morgan fingerprint density at radius 3 is 2.58 bits per heavy atom. The second kappa shape index (κ2) is 13.9. The number of hydrogen-bond acceptors (Lipinski definition) is 8. The second-order valence-corrected chi connectivity index (χ2v) is 11.7. The van der Waals surface area contributed by atoms with Crippen LogP contribution in [0.5, 0.6) is 23.0 Å². The molecule has 0 spiro atoms. The fourth-order valence-corrected chi connectivity index (χ4v) is 6.01. The number of benzene rings is 3. The molecule has 2 aliphatic heterocycles. The van der Waals surface area contributed by atoms with Crippen molar-refractivity contribution in [3.63, 3.8) is 0 Å². The predicted octanol–water partition coefficient (Wildman–Crippen LogP) is 5.92. The van der Waals surface area contributed by atoms with Crippen molar-refractivity contribution < 1.29 is 32.5 Å². The molecule has 48 heavy (non-hydrogen) atoms. The van der Waals surface area contributed by atoms with Gasteiger partial charge in [-0.1, -0.05) is 6.07 Å². The number of ketones is 1. The Balaban J connectivity index is 1.06. The molecule has 9 nitrogen and oxygen atoms in total. The number of aromatic nitrogens is 2. The molecule has 0 atom stereocenters. The Hall–Kier alpha value is -5.13. The Morgan fingerprint density at radius 2 is 1.77 bits per heavy atom. The number of hydrogen-bond donors (Lipinski definition) is 0. The maximum Gasteiger partial charge on any atom is 0.269 e. The molecule has 11 heteroatoms. The molecule has 0 aliphatic carbocycles. The van der Waals surface area contributed by atoms with E-state index in [4.69, 9.17) is 18.9 Å². The molecule has 0 bridgehead atoms. The van der Waals surface area contributed by atoms with Crippen molar-refractivity contribution in [2.45, 2.75) is 19.3 Å². The molecule has 3 aromatic carbocycles. The van der Waals surface area contributed by atoms with Gasteiger partial charge in [0, 0.05) is 61.5 Å². The van der Waals surface area contributed by atoms with Crippen molar-refractivity contribution in [1.29, 1.82) is 0 Å². The molecule has 0 unspecified atom stereocenters. The molecular formula is C37H33F2N3O6. The summed E-state index contributed by atoms with van der Waals surface area (Å²) in [5.41, 5.74) is 1.45. The number of pyridine rings is 2. The van der Waals surface area contributed by atoms with Crippen LogP contribution < -0.4 is 19.8 Å². The molecule has 5 aromatic rings. The number of Topliss-reactive ketones (excluding diaryl/α,β-unsaturated/α-hetero) is 1. The minimum Gasteiger partial charge on any atom is -0.494 e. The first-order valence-corrected chi connectivity index (χ1v) is 15.9. The third-order valence-electron chi connectivity index (χ3n) is 8.48. The van der Waals surface area contributed by atoms with Gasteiger partial charge in [0.15, 0.2) is 17.3 Å². The van der Waals surface area contributed by atoms with E-state index in [2.05, 4.69) is 9.88 Å². The van der Waals surface area contributed by atoms with Crippen LogP contribution in [0.4, 0.5) is 8.78 Å². The molecule has 7 rings (SSSR count). The number of ether oxygens (including phenoxy) is 4. The molecular weight excluding hydrogens is 620 g/mol. The standard InChI is InChI=1S/C37H33F2N3O6/c38-26-3-5-27(6-4-26)42-23-25-11-17-47-36(25)35(37(42)44)32(43)21-24-2-9-34(30(39)20-24)48-33-10-12-40-31-8-7-28(22-29(31)33)46-16-1-13-41-14-18-45-19-15-41/h2-10,12,20,22-23H,1,11,13-19,21H2. The average Bonchev–Trinajstić information content (AvgIpc) is 3.57. The number of rotatable bonds is 11. The first kappa shape index (κ1) is 31.5. The largest absolute Gasteiger partial charge is 0.494 e. The van der Waals surface area contributed by atoms with E-state index < -0.39 is 23.0 Å². The molecule has 0 saturated carbocycles. The summed E-state index contributed by atoms with van der Waals surface area (Å²) in [7, 11) is 0. The lowest BCUT2D eigenvalue weighted by atomic mass is 10.0. The van der Waals surface area contributed by atoms with Crippen molar-refractivity contribution in [1.82, 2.24) is 14.5 Å². The van der Waals surface area contributed by atoms with Crippen LogP contribution in [0.25, 0.3) is 16.6 Å². The zero-order chi connectivity index (χ0) is 33.0. The van der Waals surface area contributed by atoms with Crippen LogP contribution in [-0.4, -0.2) is 66.3 Å². The van der Waals surface area contributed by atoms with Gasteiger partial charge in [-0.25, -0.2) is 8.78 Å². The van der Waals surface area contributed by atoms with Crippen molar-refractivity contribution in [3.05, 3.63) is 118 Å². The van der Waals surface area contributed by atoms with Crippen molar-refractivity contribution in [2.24, 2.45) is 0 Å². The summed E-state index contributed by atoms with van der Waals surface area (Å²) in [4.78, 5) is 33.8. The van der Waals surface area contributed by atoms with Gasteiger partial charge in [0.05, 0.1) is 31.9 Å². The summed E-state index contributed by atoms with van der Waals surface area (Å²) >= 11 is 0. The van der Waals surface area contributed by atoms with E-state index in [0.717, 1.165) is 39.3 Å². The summed E-state index contributed by atoms with van der Waals surface area (Å²) in [6, 6.07) is 16.9. The molecule has 0 N–H and O–H groups in total. The zero-order valence-electron chi connectivity index (χ0n) is 26.1. The zero-order valence-corrected chi connectivity index (χ0v) is 26.1. The maximum atomic E-state index is 15.4. The summed E-state index contributed by atoms with van der Waals surface area (Å²) < 4.78 is 53.4. The quantitative estimate of drug-likeness (QED) is 0.128. The van der Waals surface area contributed by atoms with E-state index in [1.165, 1.54) is 41.0 Å². The van der Waals surface area contributed by atoms with E-state index in [1.807, 2.05) is 18.2 Å². The van der Waals surface area contributed by atoms with Crippen molar-refractivity contribution >= 4 is 16.7 Å². The maximum absolute atomic E-state index is 15.4. The molecule has 1 saturated heterocycles. The Morgan fingerprint density at radius 1 is 0.938 bits per heavy atom. The average molecular weight is 654 g/mol. The van der Waals surface area contributed by atoms with Gasteiger partial charge in [-0.3, -0.25) is 24.0 Å². The van der Waals surface area contributed by atoms with E-state index >= 15 is 4.39 Å². The molecule has 0 radical (unpaired) electrons. The summed E-state index contributed by atoms with van der Waals surface area (Å²) in [6.07, 6.45) is 4.36. The topological polar surface area (TPSA) is 92.1 Å². The monoisotopic (exact) mass is 653 g/mol. The molecule has 4 heterocycles. The van der Waals surface area contributed by atoms with Crippen LogP contribution in [0.15, 0.2) is 83.9 Å². The number of carbonyl (C=O) groups is 1. The first-order chi connectivity index (χ1) is 23.4. The van der Waals surface area contributed by atoms with Gasteiger partial charge in [0.2, 0.25) is 0 Å². The highest BCUT2D eigenvalue weighted by Gasteiger charge is 2.27. The smallest absolute Gasteiger partial charge is 0.269 e.